The number of hydrogen-bond donors (Lipinski definition) is 1. The number of carbonyl (C=O) groups is 1. The van der Waals surface area contributed by atoms with Gasteiger partial charge in [-0.15, -0.1) is 0 Å². The zero-order valence-corrected chi connectivity index (χ0v) is 12.9. The molecule has 6 heteroatoms. The molecule has 0 saturated carbocycles. The van der Waals surface area contributed by atoms with Crippen LogP contribution in [0.15, 0.2) is 18.2 Å². The Morgan fingerprint density at radius 1 is 1.38 bits per heavy atom. The lowest BCUT2D eigenvalue weighted by Gasteiger charge is -2.23. The number of nitro groups is 1. The zero-order valence-electron chi connectivity index (χ0n) is 12.9. The summed E-state index contributed by atoms with van der Waals surface area (Å²) in [5, 5.41) is 14.3. The van der Waals surface area contributed by atoms with E-state index >= 15 is 0 Å². The fourth-order valence-electron chi connectivity index (χ4n) is 2.41. The molecule has 0 aliphatic rings. The summed E-state index contributed by atoms with van der Waals surface area (Å²) in [5.41, 5.74) is 0.602. The first kappa shape index (κ1) is 16.9. The molecule has 1 aromatic rings. The number of nitro benzene ring substituents is 1. The number of anilines is 1. The van der Waals surface area contributed by atoms with Crippen LogP contribution in [0.4, 0.5) is 11.4 Å². The highest BCUT2D eigenvalue weighted by Gasteiger charge is 2.21. The van der Waals surface area contributed by atoms with Crippen LogP contribution in [0, 0.1) is 16.0 Å². The minimum absolute atomic E-state index is 0.0412. The second kappa shape index (κ2) is 7.61. The van der Waals surface area contributed by atoms with E-state index in [-0.39, 0.29) is 11.7 Å². The molecule has 1 rings (SSSR count). The number of rotatable bonds is 7. The lowest BCUT2D eigenvalue weighted by Crippen LogP contribution is -2.25. The smallest absolute Gasteiger partial charge is 0.337 e. The first-order valence-corrected chi connectivity index (χ1v) is 7.07. The van der Waals surface area contributed by atoms with Gasteiger partial charge in [0.05, 0.1) is 17.6 Å². The molecular weight excluding hydrogens is 272 g/mol. The van der Waals surface area contributed by atoms with E-state index in [9.17, 15) is 14.9 Å². The summed E-state index contributed by atoms with van der Waals surface area (Å²) in [7, 11) is 1.28. The minimum Gasteiger partial charge on any atom is -0.465 e. The van der Waals surface area contributed by atoms with Crippen LogP contribution in [-0.4, -0.2) is 24.0 Å². The molecule has 0 heterocycles. The van der Waals surface area contributed by atoms with Gasteiger partial charge < -0.3 is 10.1 Å². The van der Waals surface area contributed by atoms with Crippen molar-refractivity contribution in [1.82, 2.24) is 0 Å². The summed E-state index contributed by atoms with van der Waals surface area (Å²) in [6, 6.07) is 4.28. The number of benzene rings is 1. The molecule has 1 atom stereocenters. The maximum Gasteiger partial charge on any atom is 0.337 e. The normalized spacial score (nSPS) is 12.0. The lowest BCUT2D eigenvalue weighted by atomic mass is 9.95. The SMILES string of the molecule is CCC(CC)C(C)Nc1cc(C(=O)OC)ccc1[N+](=O)[O-]. The summed E-state index contributed by atoms with van der Waals surface area (Å²) in [4.78, 5) is 22.2. The van der Waals surface area contributed by atoms with Crippen molar-refractivity contribution in [2.75, 3.05) is 12.4 Å². The molecular formula is C15H22N2O4. The van der Waals surface area contributed by atoms with Gasteiger partial charge in [-0.3, -0.25) is 10.1 Å². The molecule has 0 amide bonds. The highest BCUT2D eigenvalue weighted by Crippen LogP contribution is 2.28. The Morgan fingerprint density at radius 2 is 2.00 bits per heavy atom. The average molecular weight is 294 g/mol. The summed E-state index contributed by atoms with van der Waals surface area (Å²) >= 11 is 0. The van der Waals surface area contributed by atoms with Gasteiger partial charge in [0, 0.05) is 12.1 Å². The highest BCUT2D eigenvalue weighted by atomic mass is 16.6. The van der Waals surface area contributed by atoms with E-state index in [4.69, 9.17) is 0 Å². The second-order valence-electron chi connectivity index (χ2n) is 4.99. The van der Waals surface area contributed by atoms with Gasteiger partial charge in [-0.05, 0) is 25.0 Å². The number of ether oxygens (including phenoxy) is 1. The van der Waals surface area contributed by atoms with Crippen molar-refractivity contribution in [2.45, 2.75) is 39.7 Å². The molecule has 0 saturated heterocycles. The zero-order chi connectivity index (χ0) is 16.0. The molecule has 0 aliphatic heterocycles. The van der Waals surface area contributed by atoms with E-state index in [0.717, 1.165) is 12.8 Å². The van der Waals surface area contributed by atoms with E-state index in [1.807, 2.05) is 6.92 Å². The van der Waals surface area contributed by atoms with Crippen LogP contribution in [-0.2, 0) is 4.74 Å². The number of methoxy groups -OCH3 is 1. The summed E-state index contributed by atoms with van der Waals surface area (Å²) in [5.74, 6) is -0.102. The van der Waals surface area contributed by atoms with Crippen LogP contribution in [0.25, 0.3) is 0 Å². The molecule has 1 unspecified atom stereocenters. The van der Waals surface area contributed by atoms with E-state index in [2.05, 4.69) is 23.9 Å². The maximum atomic E-state index is 11.6. The molecule has 0 radical (unpaired) electrons. The number of nitrogens with one attached hydrogen (secondary N) is 1. The molecule has 21 heavy (non-hydrogen) atoms. The van der Waals surface area contributed by atoms with Gasteiger partial charge in [0.25, 0.3) is 5.69 Å². The van der Waals surface area contributed by atoms with Gasteiger partial charge in [-0.25, -0.2) is 4.79 Å². The minimum atomic E-state index is -0.511. The molecule has 0 aromatic heterocycles. The molecule has 6 nitrogen and oxygen atoms in total. The Bertz CT molecular complexity index is 512. The van der Waals surface area contributed by atoms with Crippen molar-refractivity contribution >= 4 is 17.3 Å². The Labute approximate surface area is 124 Å². The fourth-order valence-corrected chi connectivity index (χ4v) is 2.41. The predicted molar refractivity (Wildman–Crippen MR) is 81.6 cm³/mol. The van der Waals surface area contributed by atoms with Gasteiger partial charge in [-0.2, -0.15) is 0 Å². The van der Waals surface area contributed by atoms with Crippen molar-refractivity contribution in [1.29, 1.82) is 0 Å². The largest absolute Gasteiger partial charge is 0.465 e. The summed E-state index contributed by atoms with van der Waals surface area (Å²) in [6.45, 7) is 6.17. The first-order valence-electron chi connectivity index (χ1n) is 7.07. The summed E-state index contributed by atoms with van der Waals surface area (Å²) < 4.78 is 4.65. The summed E-state index contributed by atoms with van der Waals surface area (Å²) in [6.07, 6.45) is 1.96. The van der Waals surface area contributed by atoms with Crippen molar-refractivity contribution in [3.05, 3.63) is 33.9 Å². The number of hydrogen-bond acceptors (Lipinski definition) is 5. The third-order valence-electron chi connectivity index (χ3n) is 3.75. The van der Waals surface area contributed by atoms with Crippen LogP contribution in [0.3, 0.4) is 0 Å². The van der Waals surface area contributed by atoms with Gasteiger partial charge in [-0.1, -0.05) is 26.7 Å². The van der Waals surface area contributed by atoms with Gasteiger partial charge >= 0.3 is 5.97 Å². The van der Waals surface area contributed by atoms with E-state index in [0.29, 0.717) is 17.2 Å². The third kappa shape index (κ3) is 4.18. The van der Waals surface area contributed by atoms with Gasteiger partial charge in [0.15, 0.2) is 0 Å². The Balaban J connectivity index is 3.11. The highest BCUT2D eigenvalue weighted by molar-refractivity contribution is 5.91. The van der Waals surface area contributed by atoms with Crippen LogP contribution in [0.2, 0.25) is 0 Å². The number of esters is 1. The molecule has 116 valence electrons. The molecule has 0 bridgehead atoms. The topological polar surface area (TPSA) is 81.5 Å². The maximum absolute atomic E-state index is 11.6. The standard InChI is InChI=1S/C15H22N2O4/c1-5-11(6-2)10(3)16-13-9-12(15(18)21-4)7-8-14(13)17(19)20/h7-11,16H,5-6H2,1-4H3. The average Bonchev–Trinajstić information content (AvgIpc) is 2.47. The molecule has 0 spiro atoms. The quantitative estimate of drug-likeness (QED) is 0.472. The Hall–Kier alpha value is -2.11. The second-order valence-corrected chi connectivity index (χ2v) is 4.99. The van der Waals surface area contributed by atoms with Crippen molar-refractivity contribution in [3.8, 4) is 0 Å². The third-order valence-corrected chi connectivity index (χ3v) is 3.75. The molecule has 0 aliphatic carbocycles. The predicted octanol–water partition coefficient (Wildman–Crippen LogP) is 3.62. The fraction of sp³-hybridized carbons (Fsp3) is 0.533. The van der Waals surface area contributed by atoms with Gasteiger partial charge in [0.1, 0.15) is 5.69 Å². The Morgan fingerprint density at radius 3 is 2.48 bits per heavy atom. The molecule has 0 fully saturated rings. The molecule has 1 N–H and O–H groups in total. The van der Waals surface area contributed by atoms with Gasteiger partial charge in [0.2, 0.25) is 0 Å². The van der Waals surface area contributed by atoms with Crippen LogP contribution in [0.1, 0.15) is 44.0 Å². The van der Waals surface area contributed by atoms with Crippen LogP contribution in [0.5, 0.6) is 0 Å². The monoisotopic (exact) mass is 294 g/mol. The van der Waals surface area contributed by atoms with Crippen molar-refractivity contribution in [2.24, 2.45) is 5.92 Å². The Kier molecular flexibility index (Phi) is 6.14. The van der Waals surface area contributed by atoms with E-state index in [1.165, 1.54) is 25.3 Å². The number of carbonyl (C=O) groups excluding carboxylic acids is 1. The lowest BCUT2D eigenvalue weighted by molar-refractivity contribution is -0.384. The first-order chi connectivity index (χ1) is 9.94. The number of nitrogens with zero attached hydrogens (tertiary/aromatic N) is 1. The van der Waals surface area contributed by atoms with Crippen molar-refractivity contribution < 1.29 is 14.5 Å². The van der Waals surface area contributed by atoms with E-state index in [1.54, 1.807) is 0 Å². The van der Waals surface area contributed by atoms with Crippen LogP contribution < -0.4 is 5.32 Å². The van der Waals surface area contributed by atoms with E-state index < -0.39 is 10.9 Å². The molecule has 1 aromatic carbocycles. The van der Waals surface area contributed by atoms with Crippen molar-refractivity contribution in [3.63, 3.8) is 0 Å². The van der Waals surface area contributed by atoms with Crippen LogP contribution >= 0.6 is 0 Å².